The molecule has 7 heteroatoms. The molecule has 1 amide bonds. The van der Waals surface area contributed by atoms with Crippen molar-refractivity contribution in [2.75, 3.05) is 24.5 Å². The van der Waals surface area contributed by atoms with Gasteiger partial charge in [-0.05, 0) is 53.7 Å². The number of hydrogen-bond donors (Lipinski definition) is 0. The summed E-state index contributed by atoms with van der Waals surface area (Å²) in [6.45, 7) is 13.8. The predicted molar refractivity (Wildman–Crippen MR) is 109 cm³/mol. The van der Waals surface area contributed by atoms with Gasteiger partial charge in [0, 0.05) is 54.9 Å². The minimum atomic E-state index is -0.492. The lowest BCUT2D eigenvalue weighted by molar-refractivity contribution is 0.0158. The number of amides is 1. The van der Waals surface area contributed by atoms with Gasteiger partial charge in [-0.15, -0.1) is 0 Å². The zero-order valence-electron chi connectivity index (χ0n) is 17.6. The third-order valence-electron chi connectivity index (χ3n) is 4.86. The van der Waals surface area contributed by atoms with E-state index in [0.717, 1.165) is 22.6 Å². The number of rotatable bonds is 2. The lowest BCUT2D eigenvalue weighted by Crippen LogP contribution is -2.55. The Labute approximate surface area is 166 Å². The van der Waals surface area contributed by atoms with Crippen molar-refractivity contribution in [2.24, 2.45) is 0 Å². The lowest BCUT2D eigenvalue weighted by Gasteiger charge is -2.41. The average Bonchev–Trinajstić information content (AvgIpc) is 2.63. The van der Waals surface area contributed by atoms with Crippen LogP contribution in [0.1, 0.15) is 39.0 Å². The Bertz CT molecular complexity index is 848. The van der Waals surface area contributed by atoms with Gasteiger partial charge in [-0.2, -0.15) is 0 Å². The number of aryl methyl sites for hydroxylation is 1. The molecule has 3 heterocycles. The van der Waals surface area contributed by atoms with Gasteiger partial charge in [-0.1, -0.05) is 0 Å². The third kappa shape index (κ3) is 4.40. The average molecular weight is 383 g/mol. The number of ether oxygens (including phenoxy) is 1. The number of carbonyl (C=O) groups is 1. The van der Waals surface area contributed by atoms with Crippen LogP contribution in [0.5, 0.6) is 0 Å². The van der Waals surface area contributed by atoms with E-state index in [1.807, 2.05) is 53.7 Å². The highest BCUT2D eigenvalue weighted by Crippen LogP contribution is 2.26. The minimum Gasteiger partial charge on any atom is -0.444 e. The second-order valence-corrected chi connectivity index (χ2v) is 8.29. The van der Waals surface area contributed by atoms with Crippen LogP contribution in [0.3, 0.4) is 0 Å². The molecule has 0 spiro atoms. The van der Waals surface area contributed by atoms with Crippen LogP contribution in [0.15, 0.2) is 24.5 Å². The molecule has 1 aliphatic heterocycles. The van der Waals surface area contributed by atoms with Crippen molar-refractivity contribution in [1.29, 1.82) is 0 Å². The van der Waals surface area contributed by atoms with Gasteiger partial charge in [0.2, 0.25) is 0 Å². The van der Waals surface area contributed by atoms with E-state index < -0.39 is 5.60 Å². The summed E-state index contributed by atoms with van der Waals surface area (Å²) in [5.41, 5.74) is 2.47. The molecular formula is C21H29N5O2. The molecule has 1 fully saturated rings. The lowest BCUT2D eigenvalue weighted by atomic mass is 10.1. The molecule has 3 rings (SSSR count). The van der Waals surface area contributed by atoms with Crippen molar-refractivity contribution in [3.8, 4) is 11.4 Å². The summed E-state index contributed by atoms with van der Waals surface area (Å²) >= 11 is 0. The van der Waals surface area contributed by atoms with Gasteiger partial charge in [-0.3, -0.25) is 4.98 Å². The highest BCUT2D eigenvalue weighted by atomic mass is 16.6. The van der Waals surface area contributed by atoms with E-state index >= 15 is 0 Å². The Morgan fingerprint density at radius 2 is 1.82 bits per heavy atom. The maximum absolute atomic E-state index is 12.5. The fourth-order valence-electron chi connectivity index (χ4n) is 3.29. The zero-order chi connectivity index (χ0) is 20.5. The number of piperazine rings is 1. The molecule has 0 aromatic carbocycles. The number of pyridine rings is 1. The van der Waals surface area contributed by atoms with Crippen molar-refractivity contribution in [3.63, 3.8) is 0 Å². The summed E-state index contributed by atoms with van der Waals surface area (Å²) in [5, 5.41) is 0. The van der Waals surface area contributed by atoms with E-state index in [1.54, 1.807) is 17.3 Å². The first-order valence-corrected chi connectivity index (χ1v) is 9.66. The molecule has 1 atom stereocenters. The number of aromatic nitrogens is 3. The first-order chi connectivity index (χ1) is 13.2. The largest absolute Gasteiger partial charge is 0.444 e. The van der Waals surface area contributed by atoms with Crippen molar-refractivity contribution < 1.29 is 9.53 Å². The van der Waals surface area contributed by atoms with Gasteiger partial charge >= 0.3 is 6.09 Å². The standard InChI is InChI=1S/C21H29N5O2/c1-14-13-25(11-12-26(14)20(27)28-21(4,5)6)19-15(2)16(3)23-18(24-19)17-7-9-22-10-8-17/h7-10,14H,11-13H2,1-6H3/t14-/m1/s1. The van der Waals surface area contributed by atoms with Gasteiger partial charge in [0.1, 0.15) is 11.4 Å². The normalized spacial score (nSPS) is 17.6. The Morgan fingerprint density at radius 1 is 1.14 bits per heavy atom. The topological polar surface area (TPSA) is 71.5 Å². The van der Waals surface area contributed by atoms with Crippen LogP contribution in [0, 0.1) is 13.8 Å². The van der Waals surface area contributed by atoms with E-state index in [2.05, 4.69) is 14.9 Å². The highest BCUT2D eigenvalue weighted by Gasteiger charge is 2.32. The molecule has 1 saturated heterocycles. The summed E-state index contributed by atoms with van der Waals surface area (Å²) in [7, 11) is 0. The van der Waals surface area contributed by atoms with Crippen LogP contribution in [-0.4, -0.2) is 57.2 Å². The number of nitrogens with zero attached hydrogens (tertiary/aromatic N) is 5. The van der Waals surface area contributed by atoms with E-state index in [4.69, 9.17) is 9.72 Å². The summed E-state index contributed by atoms with van der Waals surface area (Å²) in [5.74, 6) is 1.62. The van der Waals surface area contributed by atoms with Gasteiger partial charge < -0.3 is 14.5 Å². The molecule has 28 heavy (non-hydrogen) atoms. The van der Waals surface area contributed by atoms with Crippen molar-refractivity contribution in [2.45, 2.75) is 53.2 Å². The molecule has 2 aromatic heterocycles. The van der Waals surface area contributed by atoms with Crippen LogP contribution in [0.2, 0.25) is 0 Å². The van der Waals surface area contributed by atoms with Gasteiger partial charge in [0.05, 0.1) is 0 Å². The van der Waals surface area contributed by atoms with Gasteiger partial charge in [-0.25, -0.2) is 14.8 Å². The third-order valence-corrected chi connectivity index (χ3v) is 4.86. The van der Waals surface area contributed by atoms with Crippen LogP contribution in [-0.2, 0) is 4.74 Å². The Kier molecular flexibility index (Phi) is 5.54. The fourth-order valence-corrected chi connectivity index (χ4v) is 3.29. The molecule has 0 N–H and O–H groups in total. The summed E-state index contributed by atoms with van der Waals surface area (Å²) in [6.07, 6.45) is 3.23. The van der Waals surface area contributed by atoms with Crippen LogP contribution < -0.4 is 4.90 Å². The molecular weight excluding hydrogens is 354 g/mol. The van der Waals surface area contributed by atoms with E-state index in [-0.39, 0.29) is 12.1 Å². The molecule has 0 unspecified atom stereocenters. The van der Waals surface area contributed by atoms with Crippen LogP contribution in [0.4, 0.5) is 10.6 Å². The molecule has 2 aromatic rings. The Balaban J connectivity index is 1.82. The minimum absolute atomic E-state index is 0.0302. The molecule has 0 saturated carbocycles. The Hall–Kier alpha value is -2.70. The fraction of sp³-hybridized carbons (Fsp3) is 0.524. The summed E-state index contributed by atoms with van der Waals surface area (Å²) < 4.78 is 5.55. The monoisotopic (exact) mass is 383 g/mol. The molecule has 7 nitrogen and oxygen atoms in total. The highest BCUT2D eigenvalue weighted by molar-refractivity contribution is 5.69. The molecule has 0 radical (unpaired) electrons. The van der Waals surface area contributed by atoms with Gasteiger partial charge in [0.25, 0.3) is 0 Å². The van der Waals surface area contributed by atoms with E-state index in [1.165, 1.54) is 0 Å². The van der Waals surface area contributed by atoms with Crippen molar-refractivity contribution >= 4 is 11.9 Å². The zero-order valence-corrected chi connectivity index (χ0v) is 17.6. The second kappa shape index (κ2) is 7.73. The maximum atomic E-state index is 12.5. The number of anilines is 1. The van der Waals surface area contributed by atoms with Crippen LogP contribution >= 0.6 is 0 Å². The maximum Gasteiger partial charge on any atom is 0.410 e. The first kappa shape index (κ1) is 20.0. The first-order valence-electron chi connectivity index (χ1n) is 9.66. The van der Waals surface area contributed by atoms with Gasteiger partial charge in [0.15, 0.2) is 5.82 Å². The van der Waals surface area contributed by atoms with Crippen molar-refractivity contribution in [1.82, 2.24) is 19.9 Å². The number of carbonyl (C=O) groups excluding carboxylic acids is 1. The quantitative estimate of drug-likeness (QED) is 0.789. The van der Waals surface area contributed by atoms with Crippen molar-refractivity contribution in [3.05, 3.63) is 35.8 Å². The summed E-state index contributed by atoms with van der Waals surface area (Å²) in [4.78, 5) is 30.1. The molecule has 0 bridgehead atoms. The summed E-state index contributed by atoms with van der Waals surface area (Å²) in [6, 6.07) is 3.86. The Morgan fingerprint density at radius 3 is 2.43 bits per heavy atom. The smallest absolute Gasteiger partial charge is 0.410 e. The molecule has 0 aliphatic carbocycles. The van der Waals surface area contributed by atoms with E-state index in [9.17, 15) is 4.79 Å². The second-order valence-electron chi connectivity index (χ2n) is 8.29. The predicted octanol–water partition coefficient (Wildman–Crippen LogP) is 3.60. The number of hydrogen-bond acceptors (Lipinski definition) is 6. The van der Waals surface area contributed by atoms with E-state index in [0.29, 0.717) is 25.5 Å². The molecule has 1 aliphatic rings. The molecule has 150 valence electrons. The SMILES string of the molecule is Cc1nc(-c2ccncc2)nc(N2CCN(C(=O)OC(C)(C)C)[C@H](C)C2)c1C. The van der Waals surface area contributed by atoms with Crippen LogP contribution in [0.25, 0.3) is 11.4 Å².